The average molecular weight is 404 g/mol. The molecule has 5 aromatic rings. The molecule has 0 saturated heterocycles. The van der Waals surface area contributed by atoms with E-state index in [4.69, 9.17) is 11.6 Å². The number of nitrogens with zero attached hydrogens (tertiary/aromatic N) is 3. The third-order valence-corrected chi connectivity index (χ3v) is 5.89. The first-order valence-corrected chi connectivity index (χ1v) is 10.1. The fourth-order valence-electron chi connectivity index (χ4n) is 4.62. The molecule has 0 aliphatic carbocycles. The molecular formula is C26H18BN3O. The molecule has 0 amide bonds. The minimum Gasteiger partial charge on any atom is -0.442 e. The highest BCUT2D eigenvalue weighted by molar-refractivity contribution is 6.74. The Bertz CT molecular complexity index is 1670. The Morgan fingerprint density at radius 3 is 2.45 bits per heavy atom. The first-order valence-electron chi connectivity index (χ1n) is 12.6. The van der Waals surface area contributed by atoms with Crippen LogP contribution in [0.4, 0.5) is 17.2 Å². The van der Waals surface area contributed by atoms with Crippen molar-refractivity contribution in [1.29, 1.82) is 0 Å². The molecule has 146 valence electrons. The normalized spacial score (nSPS) is 15.5. The Labute approximate surface area is 187 Å². The minimum absolute atomic E-state index is 0.148. The van der Waals surface area contributed by atoms with Crippen LogP contribution in [-0.4, -0.2) is 15.9 Å². The molecule has 4 heterocycles. The summed E-state index contributed by atoms with van der Waals surface area (Å²) in [6, 6.07) is 19.9. The highest BCUT2D eigenvalue weighted by atomic mass is 16.5. The molecule has 2 aliphatic heterocycles. The van der Waals surface area contributed by atoms with E-state index in [2.05, 4.69) is 13.9 Å². The highest BCUT2D eigenvalue weighted by Gasteiger charge is 2.42. The maximum Gasteiger partial charge on any atom is 0.429 e. The van der Waals surface area contributed by atoms with Crippen LogP contribution >= 0.6 is 0 Å². The summed E-state index contributed by atoms with van der Waals surface area (Å²) in [5, 5.41) is 0. The largest absolute Gasteiger partial charge is 0.442 e. The van der Waals surface area contributed by atoms with Crippen molar-refractivity contribution in [2.45, 2.75) is 0 Å². The second-order valence-corrected chi connectivity index (χ2v) is 7.58. The quantitative estimate of drug-likeness (QED) is 0.348. The number of hydrogen-bond acceptors (Lipinski definition) is 2. The topological polar surface area (TPSA) is 22.3 Å². The lowest BCUT2D eigenvalue weighted by molar-refractivity contribution is 0.454. The van der Waals surface area contributed by atoms with E-state index in [1.807, 2.05) is 73.1 Å². The summed E-state index contributed by atoms with van der Waals surface area (Å²) in [7, 11) is 0. The van der Waals surface area contributed by atoms with Crippen LogP contribution in [0.5, 0.6) is 11.6 Å². The van der Waals surface area contributed by atoms with E-state index < -0.39 is 6.04 Å². The summed E-state index contributed by atoms with van der Waals surface area (Å²) in [5.41, 5.74) is 3.35. The second-order valence-electron chi connectivity index (χ2n) is 7.58. The molecule has 0 spiro atoms. The molecule has 0 unspecified atom stereocenters. The molecule has 0 saturated carbocycles. The van der Waals surface area contributed by atoms with Crippen LogP contribution in [0, 0.1) is 0 Å². The highest BCUT2D eigenvalue weighted by Crippen LogP contribution is 2.44. The predicted molar refractivity (Wildman–Crippen MR) is 125 cm³/mol. The monoisotopic (exact) mass is 404 g/mol. The smallest absolute Gasteiger partial charge is 0.429 e. The van der Waals surface area contributed by atoms with E-state index in [0.29, 0.717) is 17.2 Å². The van der Waals surface area contributed by atoms with Gasteiger partial charge in [-0.25, -0.2) is 0 Å². The van der Waals surface area contributed by atoms with Crippen molar-refractivity contribution in [3.8, 4) is 22.8 Å². The predicted octanol–water partition coefficient (Wildman–Crippen LogP) is 5.64. The molecule has 0 fully saturated rings. The van der Waals surface area contributed by atoms with Crippen LogP contribution < -0.4 is 15.1 Å². The van der Waals surface area contributed by atoms with E-state index >= 15 is 0 Å². The van der Waals surface area contributed by atoms with Gasteiger partial charge in [-0.1, -0.05) is 48.4 Å². The maximum atomic E-state index is 8.56. The van der Waals surface area contributed by atoms with Gasteiger partial charge in [0.25, 0.3) is 0 Å². The first kappa shape index (κ1) is 12.6. The Morgan fingerprint density at radius 1 is 0.774 bits per heavy atom. The van der Waals surface area contributed by atoms with Gasteiger partial charge in [0.15, 0.2) is 5.88 Å². The summed E-state index contributed by atoms with van der Waals surface area (Å²) in [5.74, 6) is 2.21. The fraction of sp³-hybridized carbons (Fsp3) is 0. The number of fused-ring (bicyclic) bond motifs is 4. The number of para-hydroxylation sites is 1. The first-order chi connectivity index (χ1) is 17.5. The maximum absolute atomic E-state index is 8.56. The zero-order valence-corrected chi connectivity index (χ0v) is 16.3. The molecule has 0 atom stereocenters. The summed E-state index contributed by atoms with van der Waals surface area (Å²) in [6.45, 7) is -0.187. The third kappa shape index (κ3) is 2.31. The van der Waals surface area contributed by atoms with Crippen molar-refractivity contribution < 1.29 is 11.6 Å². The molecule has 4 nitrogen and oxygen atoms in total. The van der Waals surface area contributed by atoms with E-state index in [1.165, 1.54) is 0 Å². The van der Waals surface area contributed by atoms with Crippen molar-refractivity contribution in [2.24, 2.45) is 0 Å². The van der Waals surface area contributed by atoms with Gasteiger partial charge in [0, 0.05) is 11.2 Å². The summed E-state index contributed by atoms with van der Waals surface area (Å²) in [4.78, 5) is 2.12. The summed E-state index contributed by atoms with van der Waals surface area (Å²) >= 11 is 0. The second kappa shape index (κ2) is 6.19. The molecular weight excluding hydrogens is 381 g/mol. The number of ether oxygens (including phenoxy) is 1. The molecule has 5 heteroatoms. The van der Waals surface area contributed by atoms with Gasteiger partial charge in [-0.15, -0.1) is 0 Å². The van der Waals surface area contributed by atoms with Gasteiger partial charge in [-0.2, -0.15) is 0 Å². The van der Waals surface area contributed by atoms with E-state index in [0.717, 1.165) is 22.7 Å². The van der Waals surface area contributed by atoms with Crippen LogP contribution in [0.3, 0.4) is 0 Å². The lowest BCUT2D eigenvalue weighted by atomic mass is 9.63. The van der Waals surface area contributed by atoms with Crippen molar-refractivity contribution in [1.82, 2.24) is 8.96 Å². The van der Waals surface area contributed by atoms with E-state index in [1.54, 1.807) is 6.07 Å². The van der Waals surface area contributed by atoms with Gasteiger partial charge in [0.2, 0.25) is 0 Å². The number of benzene rings is 3. The van der Waals surface area contributed by atoms with Crippen LogP contribution in [-0.2, 0) is 0 Å². The minimum atomic E-state index is -0.411. The molecule has 0 N–H and O–H groups in total. The molecule has 3 aromatic carbocycles. The molecule has 7 rings (SSSR count). The van der Waals surface area contributed by atoms with Gasteiger partial charge in [-0.3, -0.25) is 4.90 Å². The van der Waals surface area contributed by atoms with Crippen LogP contribution in [0.1, 0.15) is 6.85 Å². The summed E-state index contributed by atoms with van der Waals surface area (Å²) in [6.07, 6.45) is 4.03. The third-order valence-electron chi connectivity index (χ3n) is 5.89. The standard InChI is InChI=1S/C26H18BN3O/c1-3-9-19(10-4-1)20-17-22-26-23(18-20)31-25-14-8-16-29(25)27(26)28-15-7-13-24(28)30(22)21-11-5-2-6-12-21/h1-18H/i1D,3D,4D,9D,10D. The summed E-state index contributed by atoms with van der Waals surface area (Å²) < 4.78 is 52.1. The number of hydrogen-bond donors (Lipinski definition) is 0. The fourth-order valence-corrected chi connectivity index (χ4v) is 4.62. The number of anilines is 3. The van der Waals surface area contributed by atoms with Crippen LogP contribution in [0.2, 0.25) is 0 Å². The van der Waals surface area contributed by atoms with Crippen LogP contribution in [0.25, 0.3) is 11.1 Å². The average Bonchev–Trinajstić information content (AvgIpc) is 3.56. The Morgan fingerprint density at radius 2 is 1.58 bits per heavy atom. The van der Waals surface area contributed by atoms with Gasteiger partial charge in [-0.05, 0) is 72.1 Å². The van der Waals surface area contributed by atoms with Gasteiger partial charge in [0.1, 0.15) is 11.6 Å². The van der Waals surface area contributed by atoms with E-state index in [9.17, 15) is 0 Å². The van der Waals surface area contributed by atoms with Crippen molar-refractivity contribution in [3.63, 3.8) is 0 Å². The zero-order chi connectivity index (χ0) is 24.7. The van der Waals surface area contributed by atoms with Crippen LogP contribution in [0.15, 0.2) is 109 Å². The Kier molecular flexibility index (Phi) is 2.51. The Balaban J connectivity index is 1.57. The van der Waals surface area contributed by atoms with Gasteiger partial charge < -0.3 is 13.7 Å². The number of aromatic nitrogens is 2. The molecule has 0 radical (unpaired) electrons. The van der Waals surface area contributed by atoms with Crippen molar-refractivity contribution in [2.75, 3.05) is 4.90 Å². The van der Waals surface area contributed by atoms with E-state index in [-0.39, 0.29) is 36.7 Å². The molecule has 0 bridgehead atoms. The zero-order valence-electron chi connectivity index (χ0n) is 21.3. The van der Waals surface area contributed by atoms with Crippen molar-refractivity contribution in [3.05, 3.63) is 109 Å². The van der Waals surface area contributed by atoms with Gasteiger partial charge in [0.05, 0.1) is 12.5 Å². The molecule has 31 heavy (non-hydrogen) atoms. The number of rotatable bonds is 2. The molecule has 2 aromatic heterocycles. The lowest BCUT2D eigenvalue weighted by Crippen LogP contribution is -2.52. The molecule has 2 aliphatic rings. The lowest BCUT2D eigenvalue weighted by Gasteiger charge is -2.39. The van der Waals surface area contributed by atoms with Crippen molar-refractivity contribution >= 4 is 29.6 Å². The van der Waals surface area contributed by atoms with Gasteiger partial charge >= 0.3 is 6.98 Å². The SMILES string of the molecule is [2H]c1c([2H])c([2H])c(-c2cc3c4c(c2)N(c2ccccc2)c2cccn2B4n2cccc2O3)c([2H])c1[2H]. The Hall–Kier alpha value is -4.12.